The molecule has 0 bridgehead atoms. The summed E-state index contributed by atoms with van der Waals surface area (Å²) in [5.74, 6) is 0.998. The Bertz CT molecular complexity index is 575. The number of nitrogens with two attached hydrogens (primary N) is 1. The first-order valence-electron chi connectivity index (χ1n) is 4.78. The van der Waals surface area contributed by atoms with Gasteiger partial charge in [0.1, 0.15) is 11.8 Å². The van der Waals surface area contributed by atoms with Gasteiger partial charge in [-0.05, 0) is 34.1 Å². The van der Waals surface area contributed by atoms with Crippen molar-refractivity contribution in [2.24, 2.45) is 0 Å². The van der Waals surface area contributed by atoms with Gasteiger partial charge in [0.25, 0.3) is 0 Å². The van der Waals surface area contributed by atoms with Crippen LogP contribution in [-0.4, -0.2) is 4.98 Å². The van der Waals surface area contributed by atoms with Gasteiger partial charge in [-0.15, -0.1) is 0 Å². The molecule has 0 aliphatic rings. The van der Waals surface area contributed by atoms with Gasteiger partial charge in [0.05, 0.1) is 10.0 Å². The molecule has 84 valence electrons. The number of hydrogen-bond donors (Lipinski definition) is 1. The maximum absolute atomic E-state index is 8.64. The number of nitriles is 1. The summed E-state index contributed by atoms with van der Waals surface area (Å²) in [7, 11) is 0. The summed E-state index contributed by atoms with van der Waals surface area (Å²) in [5.41, 5.74) is 6.76. The topological polar surface area (TPSA) is 71.9 Å². The average molecular weight is 290 g/mol. The highest BCUT2D eigenvalue weighted by Gasteiger charge is 2.04. The number of aromatic nitrogens is 1. The SMILES string of the molecule is N#Cc1ccc(Oc2cc(N)ccc2Br)nc1. The van der Waals surface area contributed by atoms with Crippen LogP contribution in [0.15, 0.2) is 41.0 Å². The van der Waals surface area contributed by atoms with Gasteiger partial charge < -0.3 is 10.5 Å². The van der Waals surface area contributed by atoms with Crippen LogP contribution < -0.4 is 10.5 Å². The van der Waals surface area contributed by atoms with E-state index in [1.165, 1.54) is 6.20 Å². The van der Waals surface area contributed by atoms with Crippen LogP contribution in [0.5, 0.6) is 11.6 Å². The largest absolute Gasteiger partial charge is 0.438 e. The number of halogens is 1. The van der Waals surface area contributed by atoms with Crippen LogP contribution in [0.3, 0.4) is 0 Å². The van der Waals surface area contributed by atoms with Crippen LogP contribution >= 0.6 is 15.9 Å². The zero-order chi connectivity index (χ0) is 12.3. The number of pyridine rings is 1. The molecule has 0 aliphatic carbocycles. The highest BCUT2D eigenvalue weighted by Crippen LogP contribution is 2.30. The Balaban J connectivity index is 2.25. The van der Waals surface area contributed by atoms with E-state index < -0.39 is 0 Å². The smallest absolute Gasteiger partial charge is 0.219 e. The van der Waals surface area contributed by atoms with Gasteiger partial charge in [-0.3, -0.25) is 0 Å². The first-order chi connectivity index (χ1) is 8.19. The number of rotatable bonds is 2. The summed E-state index contributed by atoms with van der Waals surface area (Å²) < 4.78 is 6.33. The van der Waals surface area contributed by atoms with Crippen molar-refractivity contribution >= 4 is 21.6 Å². The van der Waals surface area contributed by atoms with Gasteiger partial charge in [0, 0.05) is 24.0 Å². The van der Waals surface area contributed by atoms with Crippen molar-refractivity contribution in [3.63, 3.8) is 0 Å². The summed E-state index contributed by atoms with van der Waals surface area (Å²) in [4.78, 5) is 4.01. The predicted octanol–water partition coefficient (Wildman–Crippen LogP) is 3.09. The average Bonchev–Trinajstić information content (AvgIpc) is 2.35. The highest BCUT2D eigenvalue weighted by atomic mass is 79.9. The Labute approximate surface area is 107 Å². The lowest BCUT2D eigenvalue weighted by Gasteiger charge is -2.07. The Morgan fingerprint density at radius 2 is 2.12 bits per heavy atom. The van der Waals surface area contributed by atoms with Crippen molar-refractivity contribution in [2.75, 3.05) is 5.73 Å². The number of nitrogen functional groups attached to an aromatic ring is 1. The van der Waals surface area contributed by atoms with Gasteiger partial charge in [-0.1, -0.05) is 0 Å². The second kappa shape index (κ2) is 4.85. The minimum absolute atomic E-state index is 0.412. The first-order valence-corrected chi connectivity index (χ1v) is 5.57. The fourth-order valence-corrected chi connectivity index (χ4v) is 1.55. The zero-order valence-corrected chi connectivity index (χ0v) is 10.3. The molecule has 0 radical (unpaired) electrons. The monoisotopic (exact) mass is 289 g/mol. The molecule has 4 nitrogen and oxygen atoms in total. The lowest BCUT2D eigenvalue weighted by atomic mass is 10.3. The quantitative estimate of drug-likeness (QED) is 0.863. The number of benzene rings is 1. The van der Waals surface area contributed by atoms with E-state index in [2.05, 4.69) is 20.9 Å². The molecule has 2 aromatic rings. The third kappa shape index (κ3) is 2.74. The van der Waals surface area contributed by atoms with E-state index >= 15 is 0 Å². The molecule has 0 atom stereocenters. The summed E-state index contributed by atoms with van der Waals surface area (Å²) in [5, 5.41) is 8.64. The predicted molar refractivity (Wildman–Crippen MR) is 67.6 cm³/mol. The molecule has 0 saturated heterocycles. The van der Waals surface area contributed by atoms with Crippen LogP contribution in [0, 0.1) is 11.3 Å². The Hall–Kier alpha value is -2.06. The number of nitrogens with zero attached hydrogens (tertiary/aromatic N) is 2. The van der Waals surface area contributed by atoms with Crippen LogP contribution in [-0.2, 0) is 0 Å². The highest BCUT2D eigenvalue weighted by molar-refractivity contribution is 9.10. The third-order valence-electron chi connectivity index (χ3n) is 2.04. The van der Waals surface area contributed by atoms with Gasteiger partial charge in [-0.25, -0.2) is 4.98 Å². The Morgan fingerprint density at radius 3 is 2.76 bits per heavy atom. The van der Waals surface area contributed by atoms with Crippen molar-refractivity contribution in [3.8, 4) is 17.7 Å². The second-order valence-corrected chi connectivity index (χ2v) is 4.14. The molecule has 17 heavy (non-hydrogen) atoms. The Kier molecular flexibility index (Phi) is 3.26. The van der Waals surface area contributed by atoms with Crippen LogP contribution in [0.2, 0.25) is 0 Å². The van der Waals surface area contributed by atoms with Crippen LogP contribution in [0.1, 0.15) is 5.56 Å². The zero-order valence-electron chi connectivity index (χ0n) is 8.72. The molecule has 0 unspecified atom stereocenters. The van der Waals surface area contributed by atoms with E-state index in [1.807, 2.05) is 6.07 Å². The molecule has 5 heteroatoms. The molecule has 0 aliphatic heterocycles. The van der Waals surface area contributed by atoms with E-state index in [-0.39, 0.29) is 0 Å². The van der Waals surface area contributed by atoms with Crippen molar-refractivity contribution < 1.29 is 4.74 Å². The van der Waals surface area contributed by atoms with Crippen molar-refractivity contribution in [3.05, 3.63) is 46.6 Å². The molecule has 2 rings (SSSR count). The fraction of sp³-hybridized carbons (Fsp3) is 0. The molecular weight excluding hydrogens is 282 g/mol. The maximum atomic E-state index is 8.64. The van der Waals surface area contributed by atoms with Crippen LogP contribution in [0.25, 0.3) is 0 Å². The van der Waals surface area contributed by atoms with E-state index in [0.29, 0.717) is 22.9 Å². The lowest BCUT2D eigenvalue weighted by molar-refractivity contribution is 0.460. The number of hydrogen-bond acceptors (Lipinski definition) is 4. The molecule has 0 spiro atoms. The number of anilines is 1. The van der Waals surface area contributed by atoms with Crippen molar-refractivity contribution in [1.29, 1.82) is 5.26 Å². The van der Waals surface area contributed by atoms with Gasteiger partial charge in [0.2, 0.25) is 5.88 Å². The molecule has 1 aromatic heterocycles. The van der Waals surface area contributed by atoms with E-state index in [1.54, 1.807) is 30.3 Å². The minimum atomic E-state index is 0.412. The maximum Gasteiger partial charge on any atom is 0.219 e. The molecular formula is C12H8BrN3O. The molecule has 0 fully saturated rings. The fourth-order valence-electron chi connectivity index (χ4n) is 1.22. The summed E-state index contributed by atoms with van der Waals surface area (Å²) >= 11 is 3.36. The second-order valence-electron chi connectivity index (χ2n) is 3.29. The normalized spacial score (nSPS) is 9.65. The van der Waals surface area contributed by atoms with Gasteiger partial charge in [0.15, 0.2) is 0 Å². The van der Waals surface area contributed by atoms with Crippen molar-refractivity contribution in [2.45, 2.75) is 0 Å². The molecule has 0 amide bonds. The van der Waals surface area contributed by atoms with Crippen molar-refractivity contribution in [1.82, 2.24) is 4.98 Å². The first kappa shape index (κ1) is 11.4. The summed E-state index contributed by atoms with van der Waals surface area (Å²) in [6.45, 7) is 0. The molecule has 0 saturated carbocycles. The molecule has 1 aromatic carbocycles. The van der Waals surface area contributed by atoms with Crippen LogP contribution in [0.4, 0.5) is 5.69 Å². The van der Waals surface area contributed by atoms with Gasteiger partial charge in [-0.2, -0.15) is 5.26 Å². The third-order valence-corrected chi connectivity index (χ3v) is 2.69. The number of ether oxygens (including phenoxy) is 1. The molecule has 2 N–H and O–H groups in total. The van der Waals surface area contributed by atoms with E-state index in [4.69, 9.17) is 15.7 Å². The summed E-state index contributed by atoms with van der Waals surface area (Å²) in [6.07, 6.45) is 1.45. The molecule has 1 heterocycles. The lowest BCUT2D eigenvalue weighted by Crippen LogP contribution is -1.91. The Morgan fingerprint density at radius 1 is 1.29 bits per heavy atom. The van der Waals surface area contributed by atoms with E-state index in [0.717, 1.165) is 4.47 Å². The van der Waals surface area contributed by atoms with E-state index in [9.17, 15) is 0 Å². The van der Waals surface area contributed by atoms with Gasteiger partial charge >= 0.3 is 0 Å². The summed E-state index contributed by atoms with van der Waals surface area (Å²) in [6, 6.07) is 10.5. The minimum Gasteiger partial charge on any atom is -0.438 e. The standard InChI is InChI=1S/C12H8BrN3O/c13-10-3-2-9(15)5-11(10)17-12-4-1-8(6-14)7-16-12/h1-5,7H,15H2.